The summed E-state index contributed by atoms with van der Waals surface area (Å²) in [6.07, 6.45) is 7.34. The highest BCUT2D eigenvalue weighted by Crippen LogP contribution is 2.14. The van der Waals surface area contributed by atoms with E-state index in [0.717, 1.165) is 18.9 Å². The van der Waals surface area contributed by atoms with E-state index in [1.807, 2.05) is 0 Å². The number of unbranched alkanes of at least 4 members (excludes halogenated alkanes) is 2. The van der Waals surface area contributed by atoms with E-state index < -0.39 is 11.7 Å². The number of hydrogen-bond donors (Lipinski definition) is 2. The predicted octanol–water partition coefficient (Wildman–Crippen LogP) is 2.06. The zero-order valence-corrected chi connectivity index (χ0v) is 9.37. The maximum absolute atomic E-state index is 13.3. The van der Waals surface area contributed by atoms with Gasteiger partial charge in [0.2, 0.25) is 0 Å². The zero-order valence-electron chi connectivity index (χ0n) is 9.37. The molecule has 4 heteroatoms. The SMILES string of the molecule is C#CCCCCNC(=O)c1ccc(O)cc1F. The first-order chi connectivity index (χ1) is 8.15. The second-order valence-corrected chi connectivity index (χ2v) is 3.58. The number of terminal acetylenes is 1. The van der Waals surface area contributed by atoms with Gasteiger partial charge < -0.3 is 10.4 Å². The van der Waals surface area contributed by atoms with Crippen LogP contribution >= 0.6 is 0 Å². The predicted molar refractivity (Wildman–Crippen MR) is 63.1 cm³/mol. The molecule has 0 heterocycles. The minimum absolute atomic E-state index is 0.0697. The van der Waals surface area contributed by atoms with E-state index in [4.69, 9.17) is 11.5 Å². The van der Waals surface area contributed by atoms with Gasteiger partial charge in [-0.15, -0.1) is 12.3 Å². The number of hydrogen-bond acceptors (Lipinski definition) is 2. The van der Waals surface area contributed by atoms with Crippen LogP contribution in [0.2, 0.25) is 0 Å². The highest BCUT2D eigenvalue weighted by atomic mass is 19.1. The van der Waals surface area contributed by atoms with Gasteiger partial charge in [-0.05, 0) is 25.0 Å². The Balaban J connectivity index is 2.45. The topological polar surface area (TPSA) is 49.3 Å². The van der Waals surface area contributed by atoms with Crippen LogP contribution in [0, 0.1) is 18.2 Å². The summed E-state index contributed by atoms with van der Waals surface area (Å²) in [5.74, 6) is 1.09. The Bertz CT molecular complexity index is 438. The average molecular weight is 235 g/mol. The van der Waals surface area contributed by atoms with E-state index in [1.54, 1.807) is 0 Å². The van der Waals surface area contributed by atoms with Crippen LogP contribution in [0.4, 0.5) is 4.39 Å². The van der Waals surface area contributed by atoms with Gasteiger partial charge in [0.25, 0.3) is 5.91 Å². The third-order valence-electron chi connectivity index (χ3n) is 2.23. The van der Waals surface area contributed by atoms with Crippen LogP contribution in [0.1, 0.15) is 29.6 Å². The quantitative estimate of drug-likeness (QED) is 0.606. The lowest BCUT2D eigenvalue weighted by atomic mass is 10.2. The van der Waals surface area contributed by atoms with E-state index in [9.17, 15) is 9.18 Å². The molecule has 0 aliphatic rings. The monoisotopic (exact) mass is 235 g/mol. The van der Waals surface area contributed by atoms with Crippen molar-refractivity contribution >= 4 is 5.91 Å². The smallest absolute Gasteiger partial charge is 0.254 e. The number of rotatable bonds is 5. The number of phenolic OH excluding ortho intramolecular Hbond substituents is 1. The maximum Gasteiger partial charge on any atom is 0.254 e. The molecular formula is C13H14FNO2. The first kappa shape index (κ1) is 13.0. The summed E-state index contributed by atoms with van der Waals surface area (Å²) >= 11 is 0. The first-order valence-electron chi connectivity index (χ1n) is 5.35. The molecule has 1 aromatic rings. The lowest BCUT2D eigenvalue weighted by Crippen LogP contribution is -2.25. The molecule has 1 rings (SSSR count). The molecule has 1 amide bonds. The van der Waals surface area contributed by atoms with Crippen molar-refractivity contribution in [3.8, 4) is 18.1 Å². The normalized spacial score (nSPS) is 9.65. The fraction of sp³-hybridized carbons (Fsp3) is 0.308. The summed E-state index contributed by atoms with van der Waals surface area (Å²) < 4.78 is 13.3. The van der Waals surface area contributed by atoms with Crippen molar-refractivity contribution in [2.45, 2.75) is 19.3 Å². The minimum atomic E-state index is -0.730. The van der Waals surface area contributed by atoms with E-state index >= 15 is 0 Å². The third-order valence-corrected chi connectivity index (χ3v) is 2.23. The number of nitrogens with one attached hydrogen (secondary N) is 1. The van der Waals surface area contributed by atoms with Crippen LogP contribution in [0.3, 0.4) is 0 Å². The molecule has 0 aromatic heterocycles. The van der Waals surface area contributed by atoms with E-state index in [-0.39, 0.29) is 11.3 Å². The molecule has 0 bridgehead atoms. The summed E-state index contributed by atoms with van der Waals surface area (Å²) in [5, 5.41) is 11.6. The molecule has 0 saturated carbocycles. The Morgan fingerprint density at radius 3 is 2.88 bits per heavy atom. The van der Waals surface area contributed by atoms with E-state index in [1.165, 1.54) is 12.1 Å². The molecule has 1 aromatic carbocycles. The number of carbonyl (C=O) groups is 1. The molecule has 0 saturated heterocycles. The maximum atomic E-state index is 13.3. The molecule has 90 valence electrons. The fourth-order valence-corrected chi connectivity index (χ4v) is 1.34. The van der Waals surface area contributed by atoms with Crippen LogP contribution in [0.15, 0.2) is 18.2 Å². The van der Waals surface area contributed by atoms with Crippen molar-refractivity contribution in [3.63, 3.8) is 0 Å². The molecule has 0 atom stereocenters. The highest BCUT2D eigenvalue weighted by Gasteiger charge is 2.11. The Morgan fingerprint density at radius 2 is 2.24 bits per heavy atom. The van der Waals surface area contributed by atoms with Crippen molar-refractivity contribution in [1.82, 2.24) is 5.32 Å². The molecule has 0 unspecified atom stereocenters. The molecule has 0 aliphatic carbocycles. The van der Waals surface area contributed by atoms with Crippen molar-refractivity contribution < 1.29 is 14.3 Å². The second kappa shape index (κ2) is 6.54. The Labute approximate surface area is 99.7 Å². The van der Waals surface area contributed by atoms with Crippen LogP contribution < -0.4 is 5.32 Å². The van der Waals surface area contributed by atoms with Gasteiger partial charge in [-0.2, -0.15) is 0 Å². The van der Waals surface area contributed by atoms with E-state index in [2.05, 4.69) is 11.2 Å². The van der Waals surface area contributed by atoms with Crippen molar-refractivity contribution in [1.29, 1.82) is 0 Å². The molecule has 0 radical (unpaired) electrons. The minimum Gasteiger partial charge on any atom is -0.508 e. The highest BCUT2D eigenvalue weighted by molar-refractivity contribution is 5.94. The Kier molecular flexibility index (Phi) is 5.02. The zero-order chi connectivity index (χ0) is 12.7. The van der Waals surface area contributed by atoms with Crippen molar-refractivity contribution in [2.75, 3.05) is 6.54 Å². The average Bonchev–Trinajstić information content (AvgIpc) is 2.28. The number of aromatic hydroxyl groups is 1. The second-order valence-electron chi connectivity index (χ2n) is 3.58. The number of phenols is 1. The van der Waals surface area contributed by atoms with Crippen LogP contribution in [-0.2, 0) is 0 Å². The number of halogens is 1. The molecule has 2 N–H and O–H groups in total. The standard InChI is InChI=1S/C13H14FNO2/c1-2-3-4-5-8-15-13(17)11-7-6-10(16)9-12(11)14/h1,6-7,9,16H,3-5,8H2,(H,15,17). The van der Waals surface area contributed by atoms with E-state index in [0.29, 0.717) is 13.0 Å². The Morgan fingerprint density at radius 1 is 1.47 bits per heavy atom. The number of benzene rings is 1. The lowest BCUT2D eigenvalue weighted by Gasteiger charge is -2.05. The molecule has 17 heavy (non-hydrogen) atoms. The van der Waals surface area contributed by atoms with Gasteiger partial charge in [0, 0.05) is 19.0 Å². The van der Waals surface area contributed by atoms with Crippen LogP contribution in [0.25, 0.3) is 0 Å². The summed E-state index contributed by atoms with van der Waals surface area (Å²) in [7, 11) is 0. The van der Waals surface area contributed by atoms with Crippen molar-refractivity contribution in [2.24, 2.45) is 0 Å². The van der Waals surface area contributed by atoms with Gasteiger partial charge >= 0.3 is 0 Å². The summed E-state index contributed by atoms with van der Waals surface area (Å²) in [6.45, 7) is 0.459. The van der Waals surface area contributed by atoms with Crippen molar-refractivity contribution in [3.05, 3.63) is 29.6 Å². The van der Waals surface area contributed by atoms with Gasteiger partial charge in [0.1, 0.15) is 11.6 Å². The number of carbonyl (C=O) groups excluding carboxylic acids is 1. The Hall–Kier alpha value is -2.02. The van der Waals surface area contributed by atoms with Gasteiger partial charge in [-0.25, -0.2) is 4.39 Å². The molecular weight excluding hydrogens is 221 g/mol. The van der Waals surface area contributed by atoms with Gasteiger partial charge in [-0.1, -0.05) is 0 Å². The lowest BCUT2D eigenvalue weighted by molar-refractivity contribution is 0.0949. The number of amides is 1. The van der Waals surface area contributed by atoms with Gasteiger partial charge in [0.05, 0.1) is 5.56 Å². The fourth-order valence-electron chi connectivity index (χ4n) is 1.34. The summed E-state index contributed by atoms with van der Waals surface area (Å²) in [5.41, 5.74) is -0.0697. The molecule has 0 fully saturated rings. The third kappa shape index (κ3) is 4.15. The summed E-state index contributed by atoms with van der Waals surface area (Å²) in [6, 6.07) is 3.44. The first-order valence-corrected chi connectivity index (χ1v) is 5.35. The van der Waals surface area contributed by atoms with Crippen LogP contribution in [-0.4, -0.2) is 17.6 Å². The largest absolute Gasteiger partial charge is 0.508 e. The molecule has 3 nitrogen and oxygen atoms in total. The van der Waals surface area contributed by atoms with Gasteiger partial charge in [0.15, 0.2) is 0 Å². The summed E-state index contributed by atoms with van der Waals surface area (Å²) in [4.78, 5) is 11.5. The molecule has 0 aliphatic heterocycles. The van der Waals surface area contributed by atoms with Gasteiger partial charge in [-0.3, -0.25) is 4.79 Å². The van der Waals surface area contributed by atoms with Crippen LogP contribution in [0.5, 0.6) is 5.75 Å². The molecule has 0 spiro atoms.